The summed E-state index contributed by atoms with van der Waals surface area (Å²) in [5.41, 5.74) is 0.296. The summed E-state index contributed by atoms with van der Waals surface area (Å²) < 4.78 is 41.7. The lowest BCUT2D eigenvalue weighted by Crippen LogP contribution is -2.38. The number of benzene rings is 1. The normalized spacial score (nSPS) is 31.4. The Bertz CT molecular complexity index is 593. The van der Waals surface area contributed by atoms with E-state index < -0.39 is 11.6 Å². The molecule has 1 fully saturated rings. The summed E-state index contributed by atoms with van der Waals surface area (Å²) in [5.74, 6) is -1.51. The van der Waals surface area contributed by atoms with Crippen LogP contribution in [0.25, 0.3) is 0 Å². The smallest absolute Gasteiger partial charge is 0.162 e. The molecule has 3 aliphatic carbocycles. The summed E-state index contributed by atoms with van der Waals surface area (Å²) >= 11 is 0. The zero-order valence-electron chi connectivity index (χ0n) is 12.6. The van der Waals surface area contributed by atoms with Crippen LogP contribution in [0.15, 0.2) is 24.0 Å². The van der Waals surface area contributed by atoms with E-state index in [0.29, 0.717) is 24.0 Å². The average molecular weight is 294 g/mol. The van der Waals surface area contributed by atoms with Crippen molar-refractivity contribution in [2.24, 2.45) is 10.8 Å². The molecule has 1 saturated carbocycles. The highest BCUT2D eigenvalue weighted by Gasteiger charge is 2.46. The van der Waals surface area contributed by atoms with Gasteiger partial charge in [0.1, 0.15) is 5.83 Å². The van der Waals surface area contributed by atoms with Crippen molar-refractivity contribution >= 4 is 0 Å². The molecule has 0 spiro atoms. The molecule has 1 aromatic rings. The van der Waals surface area contributed by atoms with Crippen molar-refractivity contribution in [2.45, 2.75) is 52.4 Å². The molecule has 2 bridgehead atoms. The molecule has 3 heteroatoms. The van der Waals surface area contributed by atoms with Crippen LogP contribution >= 0.6 is 0 Å². The maximum atomic E-state index is 14.2. The molecule has 21 heavy (non-hydrogen) atoms. The summed E-state index contributed by atoms with van der Waals surface area (Å²) in [7, 11) is 0. The van der Waals surface area contributed by atoms with Crippen LogP contribution < -0.4 is 0 Å². The fraction of sp³-hybridized carbons (Fsp3) is 0.556. The maximum absolute atomic E-state index is 14.2. The fourth-order valence-corrected chi connectivity index (χ4v) is 3.71. The van der Waals surface area contributed by atoms with Gasteiger partial charge in [0.2, 0.25) is 0 Å². The van der Waals surface area contributed by atoms with Crippen molar-refractivity contribution in [3.05, 3.63) is 46.8 Å². The Morgan fingerprint density at radius 1 is 1.00 bits per heavy atom. The van der Waals surface area contributed by atoms with Crippen molar-refractivity contribution < 1.29 is 13.2 Å². The van der Waals surface area contributed by atoms with E-state index in [0.717, 1.165) is 25.7 Å². The standard InChI is InChI=1S/C18H21F3/c1-12-3-4-13(16(21)15(12)20)5-6-18-9-7-17(2,8-10-18)14(19)11-18/h3-4,11H,5-10H2,1-2H3. The first-order valence-electron chi connectivity index (χ1n) is 7.68. The second-order valence-corrected chi connectivity index (χ2v) is 7.08. The van der Waals surface area contributed by atoms with Gasteiger partial charge in [-0.25, -0.2) is 13.2 Å². The van der Waals surface area contributed by atoms with Crippen LogP contribution in [0.2, 0.25) is 0 Å². The predicted octanol–water partition coefficient (Wildman–Crippen LogP) is 5.64. The molecule has 0 aromatic heterocycles. The molecule has 0 heterocycles. The molecule has 0 nitrogen and oxygen atoms in total. The molecule has 0 atom stereocenters. The highest BCUT2D eigenvalue weighted by Crippen LogP contribution is 2.57. The van der Waals surface area contributed by atoms with Gasteiger partial charge in [0.05, 0.1) is 0 Å². The van der Waals surface area contributed by atoms with Gasteiger partial charge < -0.3 is 0 Å². The third kappa shape index (κ3) is 2.41. The van der Waals surface area contributed by atoms with E-state index in [-0.39, 0.29) is 16.7 Å². The molecule has 4 rings (SSSR count). The van der Waals surface area contributed by atoms with Gasteiger partial charge in [-0.05, 0) is 68.1 Å². The molecule has 0 aliphatic heterocycles. The second-order valence-electron chi connectivity index (χ2n) is 7.08. The average Bonchev–Trinajstić information content (AvgIpc) is 2.46. The number of hydrogen-bond acceptors (Lipinski definition) is 0. The lowest BCUT2D eigenvalue weighted by atomic mass is 9.57. The molecule has 0 amide bonds. The highest BCUT2D eigenvalue weighted by molar-refractivity contribution is 5.27. The second kappa shape index (κ2) is 4.89. The molecule has 114 valence electrons. The number of allylic oxidation sites excluding steroid dienone is 2. The van der Waals surface area contributed by atoms with Gasteiger partial charge >= 0.3 is 0 Å². The number of hydrogen-bond donors (Lipinski definition) is 0. The molecule has 3 aliphatic rings. The van der Waals surface area contributed by atoms with E-state index in [2.05, 4.69) is 0 Å². The van der Waals surface area contributed by atoms with Gasteiger partial charge in [-0.2, -0.15) is 0 Å². The summed E-state index contributed by atoms with van der Waals surface area (Å²) in [6.07, 6.45) is 6.54. The number of rotatable bonds is 3. The Labute approximate surface area is 124 Å². The summed E-state index contributed by atoms with van der Waals surface area (Å²) in [6, 6.07) is 3.26. The van der Waals surface area contributed by atoms with Crippen molar-refractivity contribution in [3.8, 4) is 0 Å². The van der Waals surface area contributed by atoms with Crippen molar-refractivity contribution in [1.82, 2.24) is 0 Å². The van der Waals surface area contributed by atoms with E-state index in [1.807, 2.05) is 6.92 Å². The first-order valence-corrected chi connectivity index (χ1v) is 7.68. The molecular formula is C18H21F3. The molecule has 0 N–H and O–H groups in total. The Morgan fingerprint density at radius 3 is 2.29 bits per heavy atom. The zero-order chi connectivity index (χ0) is 15.3. The zero-order valence-corrected chi connectivity index (χ0v) is 12.6. The van der Waals surface area contributed by atoms with Crippen LogP contribution in [0.5, 0.6) is 0 Å². The van der Waals surface area contributed by atoms with Gasteiger partial charge in [-0.3, -0.25) is 0 Å². The highest BCUT2D eigenvalue weighted by atomic mass is 19.2. The number of fused-ring (bicyclic) bond motifs is 2. The third-order valence-electron chi connectivity index (χ3n) is 5.61. The van der Waals surface area contributed by atoms with E-state index in [4.69, 9.17) is 0 Å². The van der Waals surface area contributed by atoms with Crippen LogP contribution in [-0.4, -0.2) is 0 Å². The molecule has 1 aromatic carbocycles. The molecule has 0 saturated heterocycles. The van der Waals surface area contributed by atoms with E-state index in [9.17, 15) is 13.2 Å². The molecule has 0 unspecified atom stereocenters. The minimum Gasteiger partial charge on any atom is -0.212 e. The minimum absolute atomic E-state index is 0.00411. The minimum atomic E-state index is -0.758. The Kier molecular flexibility index (Phi) is 3.42. The summed E-state index contributed by atoms with van der Waals surface area (Å²) in [4.78, 5) is 0. The quantitative estimate of drug-likeness (QED) is 0.676. The first kappa shape index (κ1) is 14.7. The van der Waals surface area contributed by atoms with Crippen molar-refractivity contribution in [2.75, 3.05) is 0 Å². The predicted molar refractivity (Wildman–Crippen MR) is 77.6 cm³/mol. The van der Waals surface area contributed by atoms with Gasteiger partial charge in [0, 0.05) is 5.41 Å². The summed E-state index contributed by atoms with van der Waals surface area (Å²) in [6.45, 7) is 3.54. The topological polar surface area (TPSA) is 0 Å². The fourth-order valence-electron chi connectivity index (χ4n) is 3.71. The largest absolute Gasteiger partial charge is 0.212 e. The van der Waals surface area contributed by atoms with Crippen LogP contribution in [0.3, 0.4) is 0 Å². The Hall–Kier alpha value is -1.25. The van der Waals surface area contributed by atoms with Crippen molar-refractivity contribution in [1.29, 1.82) is 0 Å². The Morgan fingerprint density at radius 2 is 1.67 bits per heavy atom. The van der Waals surface area contributed by atoms with Crippen molar-refractivity contribution in [3.63, 3.8) is 0 Å². The van der Waals surface area contributed by atoms with Crippen LogP contribution in [0.1, 0.15) is 50.2 Å². The third-order valence-corrected chi connectivity index (χ3v) is 5.61. The van der Waals surface area contributed by atoms with E-state index >= 15 is 0 Å². The molecular weight excluding hydrogens is 273 g/mol. The molecule has 0 radical (unpaired) electrons. The lowest BCUT2D eigenvalue weighted by molar-refractivity contribution is 0.0903. The Balaban J connectivity index is 1.79. The van der Waals surface area contributed by atoms with Gasteiger partial charge in [0.15, 0.2) is 11.6 Å². The van der Waals surface area contributed by atoms with Gasteiger partial charge in [-0.15, -0.1) is 0 Å². The lowest BCUT2D eigenvalue weighted by Gasteiger charge is -2.48. The van der Waals surface area contributed by atoms with Gasteiger partial charge in [0.25, 0.3) is 0 Å². The van der Waals surface area contributed by atoms with Crippen LogP contribution in [0, 0.1) is 29.4 Å². The number of halogens is 3. The monoisotopic (exact) mass is 294 g/mol. The summed E-state index contributed by atoms with van der Waals surface area (Å²) in [5, 5.41) is 0. The number of aryl methyl sites for hydroxylation is 2. The van der Waals surface area contributed by atoms with Crippen LogP contribution in [-0.2, 0) is 6.42 Å². The first-order chi connectivity index (χ1) is 9.85. The van der Waals surface area contributed by atoms with Crippen LogP contribution in [0.4, 0.5) is 13.2 Å². The van der Waals surface area contributed by atoms with E-state index in [1.165, 1.54) is 0 Å². The van der Waals surface area contributed by atoms with E-state index in [1.54, 1.807) is 25.1 Å². The van der Waals surface area contributed by atoms with Gasteiger partial charge in [-0.1, -0.05) is 19.1 Å². The SMILES string of the molecule is Cc1ccc(CCC23C=C(F)C(C)(CC2)CC3)c(F)c1F. The maximum Gasteiger partial charge on any atom is 0.162 e.